The third-order valence-corrected chi connectivity index (χ3v) is 6.18. The van der Waals surface area contributed by atoms with Crippen LogP contribution in [-0.2, 0) is 9.47 Å². The number of hydrogen-bond acceptors (Lipinski definition) is 6. The summed E-state index contributed by atoms with van der Waals surface area (Å²) in [6.07, 6.45) is 2.92. The Balaban J connectivity index is 1.41. The van der Waals surface area contributed by atoms with E-state index >= 15 is 0 Å². The fourth-order valence-electron chi connectivity index (χ4n) is 4.17. The Hall–Kier alpha value is -3.75. The molecule has 0 bridgehead atoms. The number of rotatable bonds is 6. The monoisotopic (exact) mass is 455 g/mol. The summed E-state index contributed by atoms with van der Waals surface area (Å²) in [7, 11) is 0. The topological polar surface area (TPSA) is 90.3 Å². The number of hydrogen-bond donors (Lipinski definition) is 2. The highest BCUT2D eigenvalue weighted by Gasteiger charge is 2.33. The van der Waals surface area contributed by atoms with E-state index in [1.54, 1.807) is 0 Å². The summed E-state index contributed by atoms with van der Waals surface area (Å²) in [6, 6.07) is 18.0. The zero-order valence-electron chi connectivity index (χ0n) is 19.0. The van der Waals surface area contributed by atoms with Gasteiger partial charge in [0.15, 0.2) is 6.29 Å². The summed E-state index contributed by atoms with van der Waals surface area (Å²) in [4.78, 5) is 21.7. The van der Waals surface area contributed by atoms with E-state index in [-0.39, 0.29) is 12.2 Å². The van der Waals surface area contributed by atoms with Crippen molar-refractivity contribution in [2.24, 2.45) is 0 Å². The van der Waals surface area contributed by atoms with Crippen molar-refractivity contribution in [2.75, 3.05) is 5.32 Å². The van der Waals surface area contributed by atoms with Crippen molar-refractivity contribution >= 4 is 28.4 Å². The number of amides is 1. The van der Waals surface area contributed by atoms with Gasteiger partial charge in [0.25, 0.3) is 5.91 Å². The summed E-state index contributed by atoms with van der Waals surface area (Å²) < 4.78 is 13.7. The molecule has 0 atom stereocenters. The number of anilines is 2. The smallest absolute Gasteiger partial charge is 0.251 e. The minimum Gasteiger partial charge on any atom is -0.349 e. The Morgan fingerprint density at radius 1 is 1.06 bits per heavy atom. The number of aromatic nitrogens is 3. The van der Waals surface area contributed by atoms with Crippen molar-refractivity contribution in [2.45, 2.75) is 45.3 Å². The second kappa shape index (κ2) is 8.23. The van der Waals surface area contributed by atoms with Crippen LogP contribution in [0.1, 0.15) is 47.7 Å². The molecule has 172 valence electrons. The predicted octanol–water partition coefficient (Wildman–Crippen LogP) is 4.76. The number of nitrogens with zero attached hydrogens (tertiary/aromatic N) is 3. The molecule has 1 aliphatic carbocycles. The molecule has 1 saturated carbocycles. The molecule has 2 fully saturated rings. The maximum atomic E-state index is 12.6. The molecule has 0 spiro atoms. The molecule has 3 heterocycles. The van der Waals surface area contributed by atoms with Crippen molar-refractivity contribution in [3.63, 3.8) is 0 Å². The van der Waals surface area contributed by atoms with Crippen LogP contribution in [0.3, 0.4) is 0 Å². The highest BCUT2D eigenvalue weighted by molar-refractivity contribution is 5.97. The van der Waals surface area contributed by atoms with Crippen molar-refractivity contribution in [1.29, 1.82) is 0 Å². The molecule has 1 amide bonds. The number of para-hydroxylation sites is 1. The van der Waals surface area contributed by atoms with Gasteiger partial charge in [0.2, 0.25) is 6.29 Å². The zero-order chi connectivity index (χ0) is 23.2. The Morgan fingerprint density at radius 3 is 2.59 bits per heavy atom. The lowest BCUT2D eigenvalue weighted by molar-refractivity contribution is -0.384. The second-order valence-electron chi connectivity index (χ2n) is 8.77. The first-order chi connectivity index (χ1) is 16.6. The summed E-state index contributed by atoms with van der Waals surface area (Å²) in [5.41, 5.74) is 5.00. The van der Waals surface area contributed by atoms with Crippen LogP contribution in [0.4, 0.5) is 11.5 Å². The largest absolute Gasteiger partial charge is 0.349 e. The number of nitrogens with one attached hydrogen (secondary N) is 2. The van der Waals surface area contributed by atoms with Crippen LogP contribution in [0.25, 0.3) is 16.7 Å². The van der Waals surface area contributed by atoms with Crippen LogP contribution in [-0.4, -0.2) is 32.8 Å². The van der Waals surface area contributed by atoms with Gasteiger partial charge in [0, 0.05) is 23.0 Å². The summed E-state index contributed by atoms with van der Waals surface area (Å²) in [6.45, 7) is 3.87. The lowest BCUT2D eigenvalue weighted by Gasteiger charge is -2.34. The van der Waals surface area contributed by atoms with E-state index in [0.717, 1.165) is 46.5 Å². The molecular weight excluding hydrogens is 430 g/mol. The molecule has 0 unspecified atom stereocenters. The van der Waals surface area contributed by atoms with Gasteiger partial charge in [0.1, 0.15) is 17.8 Å². The maximum absolute atomic E-state index is 12.6. The normalized spacial score (nSPS) is 19.6. The number of fused-ring (bicyclic) bond motifs is 1. The highest BCUT2D eigenvalue weighted by Crippen LogP contribution is 2.38. The molecule has 34 heavy (non-hydrogen) atoms. The Morgan fingerprint density at radius 2 is 1.85 bits per heavy atom. The molecule has 8 heteroatoms. The fourth-order valence-corrected chi connectivity index (χ4v) is 4.17. The first-order valence-electron chi connectivity index (χ1n) is 11.5. The van der Waals surface area contributed by atoms with Crippen LogP contribution in [0.2, 0.25) is 0 Å². The van der Waals surface area contributed by atoms with Crippen molar-refractivity contribution in [1.82, 2.24) is 19.9 Å². The number of benzene rings is 2. The minimum absolute atomic E-state index is 0.0516. The lowest BCUT2D eigenvalue weighted by atomic mass is 10.1. The zero-order valence-corrected chi connectivity index (χ0v) is 19.0. The van der Waals surface area contributed by atoms with Gasteiger partial charge in [-0.3, -0.25) is 9.36 Å². The molecule has 0 radical (unpaired) electrons. The van der Waals surface area contributed by atoms with Crippen molar-refractivity contribution < 1.29 is 14.3 Å². The van der Waals surface area contributed by atoms with E-state index in [9.17, 15) is 4.79 Å². The van der Waals surface area contributed by atoms with Crippen LogP contribution < -0.4 is 10.6 Å². The van der Waals surface area contributed by atoms with E-state index in [0.29, 0.717) is 17.4 Å². The molecule has 2 aromatic carbocycles. The standard InChI is InChI=1S/C26H25N5O3/c1-15-8-9-17(25(32)29-18-10-11-18)12-21(15)30-23-20-13-22(26-33-16(2)34-26)31(24(20)28-14-27-23)19-6-4-3-5-7-19/h3-9,12-14,16,18,26H,10-11H2,1-2H3,(H,29,32)(H,27,28,30). The molecule has 4 aromatic rings. The highest BCUT2D eigenvalue weighted by atomic mass is 16.9. The van der Waals surface area contributed by atoms with Crippen LogP contribution in [0.5, 0.6) is 0 Å². The van der Waals surface area contributed by atoms with E-state index in [1.807, 2.05) is 73.0 Å². The van der Waals surface area contributed by atoms with Gasteiger partial charge in [-0.2, -0.15) is 0 Å². The van der Waals surface area contributed by atoms with Gasteiger partial charge in [-0.15, -0.1) is 0 Å². The van der Waals surface area contributed by atoms with Crippen LogP contribution >= 0.6 is 0 Å². The van der Waals surface area contributed by atoms with Crippen molar-refractivity contribution in [3.05, 3.63) is 77.7 Å². The fraction of sp³-hybridized carbons (Fsp3) is 0.269. The molecule has 6 rings (SSSR count). The van der Waals surface area contributed by atoms with E-state index in [2.05, 4.69) is 20.6 Å². The first kappa shape index (κ1) is 20.8. The van der Waals surface area contributed by atoms with Gasteiger partial charge >= 0.3 is 0 Å². The third kappa shape index (κ3) is 3.81. The SMILES string of the molecule is Cc1ccc(C(=O)NC2CC2)cc1Nc1ncnc2c1cc(C1OC(C)O1)n2-c1ccccc1. The van der Waals surface area contributed by atoms with Crippen LogP contribution in [0, 0.1) is 6.92 Å². The molecule has 1 aliphatic heterocycles. The average molecular weight is 456 g/mol. The van der Waals surface area contributed by atoms with Gasteiger partial charge in [-0.05, 0) is 62.6 Å². The van der Waals surface area contributed by atoms with E-state index < -0.39 is 6.29 Å². The number of aryl methyl sites for hydroxylation is 1. The minimum atomic E-state index is -0.478. The summed E-state index contributed by atoms with van der Waals surface area (Å²) in [5.74, 6) is 0.598. The second-order valence-corrected chi connectivity index (χ2v) is 8.77. The summed E-state index contributed by atoms with van der Waals surface area (Å²) >= 11 is 0. The van der Waals surface area contributed by atoms with Gasteiger partial charge in [0.05, 0.1) is 11.1 Å². The summed E-state index contributed by atoms with van der Waals surface area (Å²) in [5, 5.41) is 7.31. The van der Waals surface area contributed by atoms with Crippen molar-refractivity contribution in [3.8, 4) is 5.69 Å². The lowest BCUT2D eigenvalue weighted by Crippen LogP contribution is -2.32. The first-order valence-corrected chi connectivity index (χ1v) is 11.5. The Bertz CT molecular complexity index is 1370. The molecule has 2 aliphatic rings. The number of carbonyl (C=O) groups excluding carboxylic acids is 1. The Kier molecular flexibility index (Phi) is 5.04. The van der Waals surface area contributed by atoms with Gasteiger partial charge in [-0.25, -0.2) is 9.97 Å². The quantitative estimate of drug-likeness (QED) is 0.436. The molecule has 2 aromatic heterocycles. The molecule has 2 N–H and O–H groups in total. The van der Waals surface area contributed by atoms with E-state index in [4.69, 9.17) is 9.47 Å². The Labute approximate surface area is 196 Å². The maximum Gasteiger partial charge on any atom is 0.251 e. The number of ether oxygens (including phenoxy) is 2. The van der Waals surface area contributed by atoms with Gasteiger partial charge in [-0.1, -0.05) is 24.3 Å². The number of carbonyl (C=O) groups is 1. The molecule has 8 nitrogen and oxygen atoms in total. The van der Waals surface area contributed by atoms with E-state index in [1.165, 1.54) is 6.33 Å². The molecular formula is C26H25N5O3. The molecule has 1 saturated heterocycles. The van der Waals surface area contributed by atoms with Crippen LogP contribution in [0.15, 0.2) is 60.9 Å². The third-order valence-electron chi connectivity index (χ3n) is 6.18. The van der Waals surface area contributed by atoms with Gasteiger partial charge < -0.3 is 20.1 Å². The predicted molar refractivity (Wildman–Crippen MR) is 128 cm³/mol. The average Bonchev–Trinajstić information content (AvgIpc) is 3.55.